The Morgan fingerprint density at radius 2 is 1.74 bits per heavy atom. The first-order valence-electron chi connectivity index (χ1n) is 8.12. The van der Waals surface area contributed by atoms with Gasteiger partial charge in [-0.05, 0) is 36.0 Å². The fourth-order valence-electron chi connectivity index (χ4n) is 3.13. The lowest BCUT2D eigenvalue weighted by atomic mass is 9.87. The zero-order valence-corrected chi connectivity index (χ0v) is 15.7. The lowest BCUT2D eigenvalue weighted by Crippen LogP contribution is -2.44. The smallest absolute Gasteiger partial charge is 0.243 e. The van der Waals surface area contributed by atoms with Crippen LogP contribution in [0.1, 0.15) is 39.2 Å². The number of rotatable bonds is 2. The molecule has 128 valence electrons. The third kappa shape index (κ3) is 3.45. The van der Waals surface area contributed by atoms with Crippen LogP contribution < -0.4 is 0 Å². The van der Waals surface area contributed by atoms with Crippen LogP contribution in [0.25, 0.3) is 0 Å². The van der Waals surface area contributed by atoms with E-state index >= 15 is 0 Å². The van der Waals surface area contributed by atoms with Crippen LogP contribution in [-0.4, -0.2) is 43.1 Å². The molecule has 1 aromatic rings. The minimum atomic E-state index is -3.40. The van der Waals surface area contributed by atoms with Gasteiger partial charge in [0, 0.05) is 18.8 Å². The van der Waals surface area contributed by atoms with Crippen LogP contribution in [0.15, 0.2) is 29.2 Å². The van der Waals surface area contributed by atoms with Crippen molar-refractivity contribution in [2.24, 2.45) is 0 Å². The highest BCUT2D eigenvalue weighted by atomic mass is 32.2. The standard InChI is InChI=1S/C17H25NO3S2/c1-16(2,3)14-4-6-15(7-5-14)23(19,20)18-10-8-17(9-11-18)21-12-13-22-17/h4-7H,8-13H2,1-3H3. The van der Waals surface area contributed by atoms with Gasteiger partial charge in [0.25, 0.3) is 0 Å². The van der Waals surface area contributed by atoms with Gasteiger partial charge in [-0.3, -0.25) is 0 Å². The lowest BCUT2D eigenvalue weighted by molar-refractivity contribution is 0.0162. The fourth-order valence-corrected chi connectivity index (χ4v) is 5.75. The predicted molar refractivity (Wildman–Crippen MR) is 94.3 cm³/mol. The van der Waals surface area contributed by atoms with Gasteiger partial charge in [0.1, 0.15) is 4.93 Å². The Morgan fingerprint density at radius 1 is 1.13 bits per heavy atom. The first kappa shape index (κ1) is 17.3. The summed E-state index contributed by atoms with van der Waals surface area (Å²) in [5, 5.41) is 0. The second-order valence-electron chi connectivity index (χ2n) is 7.29. The summed E-state index contributed by atoms with van der Waals surface area (Å²) in [7, 11) is -3.40. The number of hydrogen-bond acceptors (Lipinski definition) is 4. The zero-order chi connectivity index (χ0) is 16.7. The normalized spacial score (nSPS) is 22.6. The number of thioether (sulfide) groups is 1. The van der Waals surface area contributed by atoms with E-state index in [9.17, 15) is 8.42 Å². The summed E-state index contributed by atoms with van der Waals surface area (Å²) in [5.41, 5.74) is 1.17. The second-order valence-corrected chi connectivity index (χ2v) is 10.7. The van der Waals surface area contributed by atoms with Crippen LogP contribution in [0.5, 0.6) is 0 Å². The predicted octanol–water partition coefficient (Wildman–Crippen LogP) is 3.23. The highest BCUT2D eigenvalue weighted by Gasteiger charge is 2.42. The van der Waals surface area contributed by atoms with Crippen LogP contribution in [0.2, 0.25) is 0 Å². The molecule has 0 radical (unpaired) electrons. The third-order valence-electron chi connectivity index (χ3n) is 4.66. The molecule has 2 saturated heterocycles. The lowest BCUT2D eigenvalue weighted by Gasteiger charge is -2.37. The molecule has 0 bridgehead atoms. The van der Waals surface area contributed by atoms with Gasteiger partial charge in [0.05, 0.1) is 11.5 Å². The van der Waals surface area contributed by atoms with Crippen molar-refractivity contribution in [3.05, 3.63) is 29.8 Å². The van der Waals surface area contributed by atoms with Crippen molar-refractivity contribution >= 4 is 21.8 Å². The average molecular weight is 356 g/mol. The van der Waals surface area contributed by atoms with Gasteiger partial charge >= 0.3 is 0 Å². The van der Waals surface area contributed by atoms with E-state index < -0.39 is 10.0 Å². The Balaban J connectivity index is 1.74. The Hall–Kier alpha value is -0.560. The molecule has 2 fully saturated rings. The number of benzene rings is 1. The van der Waals surface area contributed by atoms with Gasteiger partial charge in [0.15, 0.2) is 0 Å². The number of nitrogens with zero attached hydrogens (tertiary/aromatic N) is 1. The summed E-state index contributed by atoms with van der Waals surface area (Å²) < 4.78 is 33.1. The Bertz CT molecular complexity index is 646. The molecule has 0 amide bonds. The van der Waals surface area contributed by atoms with E-state index in [1.165, 1.54) is 0 Å². The molecule has 6 heteroatoms. The molecule has 3 rings (SSSR count). The van der Waals surface area contributed by atoms with E-state index in [-0.39, 0.29) is 10.3 Å². The molecule has 0 aliphatic carbocycles. The maximum Gasteiger partial charge on any atom is 0.243 e. The summed E-state index contributed by atoms with van der Waals surface area (Å²) in [6.45, 7) is 8.23. The first-order valence-corrected chi connectivity index (χ1v) is 10.5. The van der Waals surface area contributed by atoms with Crippen molar-refractivity contribution < 1.29 is 13.2 Å². The van der Waals surface area contributed by atoms with Crippen LogP contribution in [0.3, 0.4) is 0 Å². The van der Waals surface area contributed by atoms with E-state index in [4.69, 9.17) is 4.74 Å². The van der Waals surface area contributed by atoms with Crippen molar-refractivity contribution in [1.82, 2.24) is 4.31 Å². The summed E-state index contributed by atoms with van der Waals surface area (Å²) >= 11 is 1.84. The molecule has 1 aromatic carbocycles. The Labute approximate surface area is 143 Å². The summed E-state index contributed by atoms with van der Waals surface area (Å²) in [6.07, 6.45) is 1.55. The van der Waals surface area contributed by atoms with Gasteiger partial charge in [-0.1, -0.05) is 32.9 Å². The van der Waals surface area contributed by atoms with Crippen molar-refractivity contribution in [3.8, 4) is 0 Å². The second kappa shape index (κ2) is 6.06. The number of sulfonamides is 1. The third-order valence-corrected chi connectivity index (χ3v) is 7.99. The molecule has 0 aromatic heterocycles. The molecule has 23 heavy (non-hydrogen) atoms. The van der Waals surface area contributed by atoms with E-state index in [1.54, 1.807) is 16.4 Å². The zero-order valence-electron chi connectivity index (χ0n) is 14.0. The van der Waals surface area contributed by atoms with Crippen LogP contribution >= 0.6 is 11.8 Å². The highest BCUT2D eigenvalue weighted by Crippen LogP contribution is 2.42. The summed E-state index contributed by atoms with van der Waals surface area (Å²) in [5.74, 6) is 1.01. The molecule has 1 spiro atoms. The van der Waals surface area contributed by atoms with E-state index in [1.807, 2.05) is 23.9 Å². The van der Waals surface area contributed by atoms with Gasteiger partial charge in [-0.25, -0.2) is 8.42 Å². The molecule has 0 N–H and O–H groups in total. The number of hydrogen-bond donors (Lipinski definition) is 0. The Kier molecular flexibility index (Phi) is 4.55. The quantitative estimate of drug-likeness (QED) is 0.817. The summed E-state index contributed by atoms with van der Waals surface area (Å²) in [6, 6.07) is 7.32. The fraction of sp³-hybridized carbons (Fsp3) is 0.647. The molecular formula is C17H25NO3S2. The minimum Gasteiger partial charge on any atom is -0.363 e. The van der Waals surface area contributed by atoms with Gasteiger partial charge < -0.3 is 4.74 Å². The van der Waals surface area contributed by atoms with Gasteiger partial charge in [0.2, 0.25) is 10.0 Å². The molecule has 4 nitrogen and oxygen atoms in total. The van der Waals surface area contributed by atoms with Crippen molar-refractivity contribution in [2.75, 3.05) is 25.4 Å². The highest BCUT2D eigenvalue weighted by molar-refractivity contribution is 8.00. The molecule has 0 unspecified atom stereocenters. The van der Waals surface area contributed by atoms with Gasteiger partial charge in [-0.2, -0.15) is 4.31 Å². The number of piperidine rings is 1. The molecule has 2 aliphatic rings. The van der Waals surface area contributed by atoms with Gasteiger partial charge in [-0.15, -0.1) is 11.8 Å². The molecule has 2 heterocycles. The van der Waals surface area contributed by atoms with Crippen LogP contribution in [0.4, 0.5) is 0 Å². The molecular weight excluding hydrogens is 330 g/mol. The van der Waals surface area contributed by atoms with E-state index in [2.05, 4.69) is 20.8 Å². The maximum absolute atomic E-state index is 12.8. The SMILES string of the molecule is CC(C)(C)c1ccc(S(=O)(=O)N2CCC3(CC2)OCCS3)cc1. The summed E-state index contributed by atoms with van der Waals surface area (Å²) in [4.78, 5) is 0.253. The average Bonchev–Trinajstić information content (AvgIpc) is 2.95. The van der Waals surface area contributed by atoms with Crippen molar-refractivity contribution in [1.29, 1.82) is 0 Å². The largest absolute Gasteiger partial charge is 0.363 e. The topological polar surface area (TPSA) is 46.6 Å². The molecule has 0 atom stereocenters. The van der Waals surface area contributed by atoms with Crippen molar-refractivity contribution in [2.45, 2.75) is 48.9 Å². The molecule has 0 saturated carbocycles. The number of ether oxygens (including phenoxy) is 1. The molecule has 2 aliphatic heterocycles. The first-order chi connectivity index (χ1) is 10.7. The van der Waals surface area contributed by atoms with Crippen LogP contribution in [-0.2, 0) is 20.2 Å². The van der Waals surface area contributed by atoms with Crippen molar-refractivity contribution in [3.63, 3.8) is 0 Å². The van der Waals surface area contributed by atoms with E-state index in [0.29, 0.717) is 18.0 Å². The maximum atomic E-state index is 12.8. The minimum absolute atomic E-state index is 0.0246. The van der Waals surface area contributed by atoms with E-state index in [0.717, 1.165) is 30.8 Å². The Morgan fingerprint density at radius 3 is 2.22 bits per heavy atom. The van der Waals surface area contributed by atoms with Crippen LogP contribution in [0, 0.1) is 0 Å². The monoisotopic (exact) mass is 355 g/mol.